The molecule has 2 heterocycles. The highest BCUT2D eigenvalue weighted by Gasteiger charge is 2.45. The Hall–Kier alpha value is -4.33. The third-order valence-electron chi connectivity index (χ3n) is 7.99. The number of carbonyl (C=O) groups excluding carboxylic acids is 6. The number of nitrogens with zero attached hydrogens (tertiary/aromatic N) is 2. The fourth-order valence-corrected chi connectivity index (χ4v) is 6.50. The summed E-state index contributed by atoms with van der Waals surface area (Å²) in [5, 5.41) is 58.9. The molecule has 0 aromatic heterocycles. The highest BCUT2D eigenvalue weighted by atomic mass is 32.2. The number of guanidine groups is 1. The summed E-state index contributed by atoms with van der Waals surface area (Å²) in [6.07, 6.45) is -6.41. The first-order chi connectivity index (χ1) is 24.5. The van der Waals surface area contributed by atoms with Crippen LogP contribution >= 0.6 is 11.8 Å². The lowest BCUT2D eigenvalue weighted by Gasteiger charge is -2.40. The van der Waals surface area contributed by atoms with Gasteiger partial charge >= 0.3 is 5.97 Å². The number of aliphatic hydroxyl groups excluding tert-OH is 4. The lowest BCUT2D eigenvalue weighted by Crippen LogP contribution is -2.59. The predicted octanol–water partition coefficient (Wildman–Crippen LogP) is -7.95. The van der Waals surface area contributed by atoms with E-state index < -0.39 is 127 Å². The third-order valence-corrected chi connectivity index (χ3v) is 9.23. The van der Waals surface area contributed by atoms with E-state index in [-0.39, 0.29) is 38.3 Å². The molecule has 0 unspecified atom stereocenters. The number of carbonyl (C=O) groups is 7. The Balaban J connectivity index is 2.19. The summed E-state index contributed by atoms with van der Waals surface area (Å²) in [6.45, 7) is -1.72. The van der Waals surface area contributed by atoms with Crippen molar-refractivity contribution in [3.8, 4) is 0 Å². The molecule has 294 valence electrons. The van der Waals surface area contributed by atoms with E-state index in [1.165, 1.54) is 0 Å². The molecule has 0 bridgehead atoms. The highest BCUT2D eigenvalue weighted by Crippen LogP contribution is 2.29. The number of carboxylic acid groups (broad SMARTS) is 1. The van der Waals surface area contributed by atoms with Crippen LogP contribution in [0.15, 0.2) is 4.99 Å². The molecule has 52 heavy (non-hydrogen) atoms. The normalized spacial score (nSPS) is 24.4. The number of carboxylic acids is 1. The minimum atomic E-state index is -1.80. The van der Waals surface area contributed by atoms with Gasteiger partial charge in [-0.2, -0.15) is 0 Å². The molecular weight excluding hydrogens is 716 g/mol. The lowest BCUT2D eigenvalue weighted by atomic mass is 10.0. The molecule has 0 radical (unpaired) electrons. The van der Waals surface area contributed by atoms with E-state index in [2.05, 4.69) is 26.3 Å². The van der Waals surface area contributed by atoms with Gasteiger partial charge in [0, 0.05) is 18.8 Å². The number of likely N-dealkylation sites (tertiary alicyclic amines) is 1. The summed E-state index contributed by atoms with van der Waals surface area (Å²) in [4.78, 5) is 93.2. The van der Waals surface area contributed by atoms with Crippen molar-refractivity contribution in [2.45, 2.75) is 86.1 Å². The average molecular weight is 765 g/mol. The molecule has 17 N–H and O–H groups in total. The summed E-state index contributed by atoms with van der Waals surface area (Å²) < 4.78 is 5.46. The Morgan fingerprint density at radius 2 is 1.58 bits per heavy atom. The van der Waals surface area contributed by atoms with Crippen LogP contribution in [0.25, 0.3) is 0 Å². The maximum atomic E-state index is 13.7. The average Bonchev–Trinajstić information content (AvgIpc) is 3.59. The zero-order chi connectivity index (χ0) is 39.1. The number of hydrogen-bond acceptors (Lipinski definition) is 15. The molecule has 0 aliphatic carbocycles. The van der Waals surface area contributed by atoms with Crippen molar-refractivity contribution in [3.05, 3.63) is 0 Å². The largest absolute Gasteiger partial charge is 0.481 e. The second-order valence-electron chi connectivity index (χ2n) is 11.9. The number of aliphatic imine (C=N–C) groups is 1. The molecule has 0 aromatic rings. The molecule has 2 rings (SSSR count). The molecule has 2 fully saturated rings. The van der Waals surface area contributed by atoms with Gasteiger partial charge in [0.15, 0.2) is 5.96 Å². The Morgan fingerprint density at radius 3 is 2.17 bits per heavy atom. The number of rotatable bonds is 20. The number of hydrogen-bond donors (Lipinski definition) is 13. The highest BCUT2D eigenvalue weighted by molar-refractivity contribution is 7.99. The Kier molecular flexibility index (Phi) is 17.9. The molecule has 9 atom stereocenters. The van der Waals surface area contributed by atoms with Crippen molar-refractivity contribution < 1.29 is 63.8 Å². The molecule has 2 aliphatic rings. The zero-order valence-corrected chi connectivity index (χ0v) is 28.9. The van der Waals surface area contributed by atoms with E-state index >= 15 is 0 Å². The van der Waals surface area contributed by atoms with Gasteiger partial charge in [-0.1, -0.05) is 0 Å². The quantitative estimate of drug-likeness (QED) is 0.0311. The van der Waals surface area contributed by atoms with Crippen LogP contribution in [0.4, 0.5) is 0 Å². The minimum Gasteiger partial charge on any atom is -0.481 e. The fourth-order valence-electron chi connectivity index (χ4n) is 5.32. The summed E-state index contributed by atoms with van der Waals surface area (Å²) in [5.74, 6) is -7.40. The smallest absolute Gasteiger partial charge is 0.305 e. The van der Waals surface area contributed by atoms with Crippen molar-refractivity contribution >= 4 is 59.1 Å². The van der Waals surface area contributed by atoms with E-state index in [1.54, 1.807) is 0 Å². The van der Waals surface area contributed by atoms with Gasteiger partial charge < -0.3 is 79.4 Å². The monoisotopic (exact) mass is 764 g/mol. The van der Waals surface area contributed by atoms with Gasteiger partial charge in [0.25, 0.3) is 0 Å². The van der Waals surface area contributed by atoms with Crippen LogP contribution < -0.4 is 44.2 Å². The van der Waals surface area contributed by atoms with Crippen LogP contribution in [-0.2, 0) is 38.3 Å². The maximum Gasteiger partial charge on any atom is 0.305 e. The number of aliphatic carboxylic acids is 1. The van der Waals surface area contributed by atoms with Gasteiger partial charge in [0.05, 0.1) is 26.1 Å². The third kappa shape index (κ3) is 13.3. The van der Waals surface area contributed by atoms with Crippen LogP contribution in [0, 0.1) is 0 Å². The second-order valence-corrected chi connectivity index (χ2v) is 13.0. The zero-order valence-electron chi connectivity index (χ0n) is 28.1. The number of primary amides is 1. The summed E-state index contributed by atoms with van der Waals surface area (Å²) in [5.41, 5.74) is 20.0. The Labute approximate surface area is 301 Å². The number of amides is 6. The molecule has 23 nitrogen and oxygen atoms in total. The number of nitrogens with two attached hydrogens (primary N) is 4. The van der Waals surface area contributed by atoms with Crippen LogP contribution in [0.5, 0.6) is 0 Å². The second kappa shape index (κ2) is 21.3. The topological polar surface area (TPSA) is 398 Å². The van der Waals surface area contributed by atoms with Gasteiger partial charge in [-0.3, -0.25) is 38.6 Å². The Morgan fingerprint density at radius 1 is 0.904 bits per heavy atom. The van der Waals surface area contributed by atoms with Crippen LogP contribution in [0.2, 0.25) is 0 Å². The Bertz CT molecular complexity index is 1320. The van der Waals surface area contributed by atoms with E-state index in [0.717, 1.165) is 4.90 Å². The van der Waals surface area contributed by atoms with Gasteiger partial charge in [-0.15, -0.1) is 11.8 Å². The SMILES string of the molecule is NCC(=O)N[C@@H](CCCN=C(N)N)C(=O)NCC(=O)N[C@@H](CC(=O)O)C(=O)N[C@H](CS[C@@H]1O[C@H](CO)[C@@H](O)[C@H](O)[C@H]1O)C(=O)N1CCC[C@H]1C(N)=O. The van der Waals surface area contributed by atoms with Gasteiger partial charge in [0.1, 0.15) is 54.0 Å². The number of aliphatic hydroxyl groups is 4. The summed E-state index contributed by atoms with van der Waals surface area (Å²) in [6, 6.07) is -5.51. The van der Waals surface area contributed by atoms with Crippen molar-refractivity contribution in [1.82, 2.24) is 26.2 Å². The van der Waals surface area contributed by atoms with E-state index in [9.17, 15) is 59.1 Å². The number of thioether (sulfide) groups is 1. The lowest BCUT2D eigenvalue weighted by molar-refractivity contribution is -0.205. The van der Waals surface area contributed by atoms with Crippen molar-refractivity contribution in [2.75, 3.05) is 38.5 Å². The fraction of sp³-hybridized carbons (Fsp3) is 0.714. The van der Waals surface area contributed by atoms with Crippen LogP contribution in [-0.4, -0.2) is 170 Å². The molecule has 0 aromatic carbocycles. The number of ether oxygens (including phenoxy) is 1. The van der Waals surface area contributed by atoms with Crippen LogP contribution in [0.1, 0.15) is 32.1 Å². The van der Waals surface area contributed by atoms with Crippen molar-refractivity contribution in [3.63, 3.8) is 0 Å². The molecular formula is C28H48N10O13S. The molecule has 24 heteroatoms. The first-order valence-electron chi connectivity index (χ1n) is 16.2. The van der Waals surface area contributed by atoms with Crippen molar-refractivity contribution in [1.29, 1.82) is 0 Å². The van der Waals surface area contributed by atoms with E-state index in [0.29, 0.717) is 18.2 Å². The first kappa shape index (κ1) is 43.8. The van der Waals surface area contributed by atoms with Crippen molar-refractivity contribution in [2.24, 2.45) is 27.9 Å². The molecule has 2 aliphatic heterocycles. The predicted molar refractivity (Wildman–Crippen MR) is 180 cm³/mol. The van der Waals surface area contributed by atoms with Crippen LogP contribution in [0.3, 0.4) is 0 Å². The molecule has 0 saturated carbocycles. The van der Waals surface area contributed by atoms with E-state index in [4.69, 9.17) is 27.7 Å². The summed E-state index contributed by atoms with van der Waals surface area (Å²) in [7, 11) is 0. The maximum absolute atomic E-state index is 13.7. The van der Waals surface area contributed by atoms with Gasteiger partial charge in [-0.05, 0) is 25.7 Å². The number of nitrogens with one attached hydrogen (secondary N) is 4. The van der Waals surface area contributed by atoms with Gasteiger partial charge in [-0.25, -0.2) is 0 Å². The molecule has 6 amide bonds. The minimum absolute atomic E-state index is 0.0458. The molecule has 0 spiro atoms. The molecule has 2 saturated heterocycles. The first-order valence-corrected chi connectivity index (χ1v) is 17.2. The standard InChI is InChI=1S/C28H48N10O13S/c29-8-17(40)35-12(3-1-5-33-28(31)32)24(48)34-9-18(41)36-13(7-19(42)43)25(49)37-14(26(50)38-6-2-4-15(38)23(30)47)11-52-27-22(46)21(45)20(44)16(10-39)51-27/h12-16,20-22,27,39,44-46H,1-11,29H2,(H2,30,47)(H,34,48)(H,35,40)(H,36,41)(H,37,49)(H,42,43)(H4,31,32,33)/t12-,13-,14+,15-,16+,20+,21-,22+,27-/m0/s1. The van der Waals surface area contributed by atoms with Gasteiger partial charge in [0.2, 0.25) is 35.4 Å². The summed E-state index contributed by atoms with van der Waals surface area (Å²) >= 11 is 0.703. The van der Waals surface area contributed by atoms with E-state index in [1.807, 2.05) is 0 Å².